The molecule has 6 rings (SSSR count). The normalized spacial score (nSPS) is 20.7. The molecular weight excluding hydrogens is 1200 g/mol. The van der Waals surface area contributed by atoms with Crippen molar-refractivity contribution in [3.63, 3.8) is 0 Å². The highest BCUT2D eigenvalue weighted by Gasteiger charge is 2.36. The lowest BCUT2D eigenvalue weighted by Gasteiger charge is -2.28. The molecule has 4 aliphatic carbocycles. The summed E-state index contributed by atoms with van der Waals surface area (Å²) in [4.78, 5) is 113. The molecule has 0 aromatic rings. The molecule has 0 bridgehead atoms. The Bertz CT molecular complexity index is 2340. The number of carbonyl (C=O) groups is 9. The SMILES string of the molecule is CC(C)CC(NC(=O)C1CCCCC1)C(=O)C(=O)N/N=C1\CCCN1C.CC(C)C[C@H](NC(=O)C1CCCCC1)C(O)C(=O)N/N=C1\CCCN1C.CC(C)C[C@H](NC(=O)C1CCCCC1)C(O)C(=O)O.COC(=O)C(O)[C@H](CC(C)C)NC(=O)C1CCCCC1.Cl. The molecule has 0 aromatic heterocycles. The Morgan fingerprint density at radius 2 is 0.772 bits per heavy atom. The van der Waals surface area contributed by atoms with Crippen LogP contribution in [-0.4, -0.2) is 172 Å². The zero-order valence-corrected chi connectivity index (χ0v) is 58.3. The average molecular weight is 1320 g/mol. The van der Waals surface area contributed by atoms with Crippen LogP contribution in [0.3, 0.4) is 0 Å². The van der Waals surface area contributed by atoms with Gasteiger partial charge in [-0.05, 0) is 114 Å². The Balaban J connectivity index is 0.000000420. The first-order chi connectivity index (χ1) is 43.1. The minimum Gasteiger partial charge on any atom is -0.479 e. The highest BCUT2D eigenvalue weighted by molar-refractivity contribution is 6.38. The maximum atomic E-state index is 12.6. The highest BCUT2D eigenvalue weighted by atomic mass is 35.5. The molecule has 7 atom stereocenters. The van der Waals surface area contributed by atoms with Crippen molar-refractivity contribution in [2.75, 3.05) is 34.3 Å². The van der Waals surface area contributed by atoms with E-state index < -0.39 is 72.0 Å². The van der Waals surface area contributed by atoms with Crippen molar-refractivity contribution in [3.8, 4) is 0 Å². The number of halogens is 1. The van der Waals surface area contributed by atoms with Crippen LogP contribution in [0.1, 0.15) is 235 Å². The van der Waals surface area contributed by atoms with Crippen LogP contribution in [0.5, 0.6) is 0 Å². The number of aliphatic hydroxyl groups excluding tert-OH is 3. The average Bonchev–Trinajstić information content (AvgIpc) is 1.73. The van der Waals surface area contributed by atoms with E-state index in [1.165, 1.54) is 20.0 Å². The molecule has 4 saturated carbocycles. The quantitative estimate of drug-likeness (QED) is 0.0236. The number of ether oxygens (including phenoxy) is 1. The van der Waals surface area contributed by atoms with E-state index in [-0.39, 0.29) is 83.4 Å². The smallest absolute Gasteiger partial charge is 0.336 e. The molecule has 6 amide bonds. The molecular formula is C67H119ClN10O14. The van der Waals surface area contributed by atoms with E-state index in [0.717, 1.165) is 166 Å². The second-order valence-electron chi connectivity index (χ2n) is 27.8. The number of carbonyl (C=O) groups excluding carboxylic acids is 8. The van der Waals surface area contributed by atoms with Crippen molar-refractivity contribution in [3.05, 3.63) is 0 Å². The number of amidine groups is 2. The number of nitrogens with one attached hydrogen (secondary N) is 6. The zero-order chi connectivity index (χ0) is 67.7. The predicted molar refractivity (Wildman–Crippen MR) is 357 cm³/mol. The molecule has 4 unspecified atom stereocenters. The highest BCUT2D eigenvalue weighted by Crippen LogP contribution is 2.28. The van der Waals surface area contributed by atoms with Crippen LogP contribution in [0.2, 0.25) is 0 Å². The summed E-state index contributed by atoms with van der Waals surface area (Å²) in [5.74, 6) is -1.73. The third-order valence-corrected chi connectivity index (χ3v) is 18.0. The van der Waals surface area contributed by atoms with Gasteiger partial charge in [0.25, 0.3) is 5.91 Å². The second kappa shape index (κ2) is 44.3. The van der Waals surface area contributed by atoms with Crippen LogP contribution >= 0.6 is 12.4 Å². The number of nitrogens with zero attached hydrogens (tertiary/aromatic N) is 4. The van der Waals surface area contributed by atoms with Crippen LogP contribution in [0.15, 0.2) is 10.2 Å². The third kappa shape index (κ3) is 30.7. The fraction of sp³-hybridized carbons (Fsp3) is 0.836. The summed E-state index contributed by atoms with van der Waals surface area (Å²) in [6, 6.07) is -2.65. The van der Waals surface area contributed by atoms with E-state index in [0.29, 0.717) is 25.7 Å². The van der Waals surface area contributed by atoms with Crippen molar-refractivity contribution >= 4 is 77.2 Å². The lowest BCUT2D eigenvalue weighted by molar-refractivity contribution is -0.153. The zero-order valence-electron chi connectivity index (χ0n) is 57.4. The number of hydrazone groups is 2. The number of aliphatic carboxylic acids is 1. The number of ketones is 1. The van der Waals surface area contributed by atoms with Gasteiger partial charge in [-0.25, -0.2) is 20.4 Å². The number of amides is 6. The van der Waals surface area contributed by atoms with Crippen molar-refractivity contribution in [2.24, 2.45) is 57.5 Å². The Morgan fingerprint density at radius 1 is 0.457 bits per heavy atom. The topological polar surface area (TPSA) is 347 Å². The van der Waals surface area contributed by atoms with Crippen molar-refractivity contribution < 1.29 is 68.3 Å². The molecule has 24 nitrogen and oxygen atoms in total. The van der Waals surface area contributed by atoms with Crippen LogP contribution in [0, 0.1) is 47.3 Å². The molecule has 6 fully saturated rings. The summed E-state index contributed by atoms with van der Waals surface area (Å²) in [5.41, 5.74) is 4.84. The first-order valence-electron chi connectivity index (χ1n) is 34.4. The number of hydrogen-bond acceptors (Lipinski definition) is 15. The lowest BCUT2D eigenvalue weighted by atomic mass is 9.88. The summed E-state index contributed by atoms with van der Waals surface area (Å²) in [6.45, 7) is 17.6. The van der Waals surface area contributed by atoms with Crippen LogP contribution in [0.25, 0.3) is 0 Å². The van der Waals surface area contributed by atoms with Gasteiger partial charge in [-0.15, -0.1) is 12.4 Å². The van der Waals surface area contributed by atoms with Crippen LogP contribution in [-0.2, 0) is 47.9 Å². The Morgan fingerprint density at radius 3 is 1.08 bits per heavy atom. The molecule has 0 aromatic carbocycles. The van der Waals surface area contributed by atoms with Gasteiger partial charge in [0.2, 0.25) is 29.4 Å². The number of hydrogen-bond donors (Lipinski definition) is 10. The molecule has 2 heterocycles. The summed E-state index contributed by atoms with van der Waals surface area (Å²) < 4.78 is 4.56. The van der Waals surface area contributed by atoms with Gasteiger partial charge in [0, 0.05) is 63.7 Å². The number of rotatable bonds is 26. The maximum absolute atomic E-state index is 12.6. The van der Waals surface area contributed by atoms with E-state index in [9.17, 15) is 58.5 Å². The van der Waals surface area contributed by atoms with Gasteiger partial charge in [0.1, 0.15) is 11.7 Å². The predicted octanol–water partition coefficient (Wildman–Crippen LogP) is 7.03. The molecule has 528 valence electrons. The van der Waals surface area contributed by atoms with Gasteiger partial charge in [-0.3, -0.25) is 33.6 Å². The van der Waals surface area contributed by atoms with E-state index in [1.54, 1.807) is 0 Å². The molecule has 0 radical (unpaired) electrons. The first kappa shape index (κ1) is 82.6. The van der Waals surface area contributed by atoms with Crippen molar-refractivity contribution in [1.82, 2.24) is 41.9 Å². The fourth-order valence-corrected chi connectivity index (χ4v) is 12.7. The van der Waals surface area contributed by atoms with Crippen LogP contribution in [0.4, 0.5) is 0 Å². The molecule has 10 N–H and O–H groups in total. The molecule has 25 heteroatoms. The Hall–Kier alpha value is -5.46. The van der Waals surface area contributed by atoms with E-state index in [4.69, 9.17) is 5.11 Å². The molecule has 2 saturated heterocycles. The van der Waals surface area contributed by atoms with Crippen molar-refractivity contribution in [2.45, 2.75) is 278 Å². The monoisotopic (exact) mass is 1320 g/mol. The number of methoxy groups -OCH3 is 1. The number of aliphatic hydroxyl groups is 3. The molecule has 0 spiro atoms. The largest absolute Gasteiger partial charge is 0.479 e. The number of Topliss-reactive ketones (excluding diaryl/α,β-unsaturated/α-hetero) is 1. The third-order valence-electron chi connectivity index (χ3n) is 18.0. The number of carboxylic acid groups (broad SMARTS) is 1. The van der Waals surface area contributed by atoms with E-state index in [2.05, 4.69) is 47.1 Å². The first-order valence-corrected chi connectivity index (χ1v) is 34.4. The number of carboxylic acids is 1. The summed E-state index contributed by atoms with van der Waals surface area (Å²) in [6.07, 6.45) is 21.7. The van der Waals surface area contributed by atoms with Gasteiger partial charge in [-0.2, -0.15) is 10.2 Å². The number of esters is 1. The van der Waals surface area contributed by atoms with Gasteiger partial charge in [-0.1, -0.05) is 132 Å². The molecule has 2 aliphatic heterocycles. The summed E-state index contributed by atoms with van der Waals surface area (Å²) in [5, 5.41) is 58.6. The minimum atomic E-state index is -1.53. The molecule has 6 aliphatic rings. The van der Waals surface area contributed by atoms with Gasteiger partial charge in [0.05, 0.1) is 31.3 Å². The maximum Gasteiger partial charge on any atom is 0.336 e. The lowest BCUT2D eigenvalue weighted by Crippen LogP contribution is -2.52. The van der Waals surface area contributed by atoms with Crippen LogP contribution < -0.4 is 32.1 Å². The van der Waals surface area contributed by atoms with Gasteiger partial charge < -0.3 is 56.2 Å². The number of likely N-dealkylation sites (tertiary alicyclic amines) is 2. The second-order valence-corrected chi connectivity index (χ2v) is 27.8. The summed E-state index contributed by atoms with van der Waals surface area (Å²) in [7, 11) is 5.08. The van der Waals surface area contributed by atoms with E-state index in [1.807, 2.05) is 79.3 Å². The Labute approximate surface area is 554 Å². The minimum absolute atomic E-state index is 0. The van der Waals surface area contributed by atoms with Gasteiger partial charge >= 0.3 is 17.8 Å². The van der Waals surface area contributed by atoms with Gasteiger partial charge in [0.15, 0.2) is 18.3 Å². The molecule has 92 heavy (non-hydrogen) atoms. The van der Waals surface area contributed by atoms with Crippen molar-refractivity contribution in [1.29, 1.82) is 0 Å². The standard InChI is InChI=1S/C19H34N4O3.C19H32N4O3.C15H27NO4.C14H25NO4.ClH/c2*1-13(2)12-15(20-18(25)14-8-5-4-6-9-14)17(24)19(26)22-21-16-10-7-11-23(16)3;1-10(2)9-12(13(17)15(19)20-3)16-14(18)11-7-5-4-6-8-11;1-9(2)8-11(12(16)14(18)19)15-13(17)10-6-4-3-5-7-10;/h13-15,17,24H,4-12H2,1-3H3,(H,20,25)(H,22,26);13-15H,4-12H2,1-3H3,(H,20,25)(H,22,26);10-13,17H,4-9H2,1-3H3,(H,16,18);9-12,16H,3-8H2,1-2H3,(H,15,17)(H,18,19);1H/b2*21-16+;;;/t15-,17?;;12-,13?;11-,12?;/m0.00./s1. The fourth-order valence-electron chi connectivity index (χ4n) is 12.7. The summed E-state index contributed by atoms with van der Waals surface area (Å²) >= 11 is 0. The van der Waals surface area contributed by atoms with E-state index >= 15 is 0 Å². The Kier molecular flexibility index (Phi) is 39.7.